The number of benzene rings is 2. The fourth-order valence-corrected chi connectivity index (χ4v) is 3.79. The first-order valence-electron chi connectivity index (χ1n) is 11.5. The predicted octanol–water partition coefficient (Wildman–Crippen LogP) is 4.84. The monoisotopic (exact) mass is 459 g/mol. The Morgan fingerprint density at radius 3 is 2.41 bits per heavy atom. The van der Waals surface area contributed by atoms with Gasteiger partial charge in [0.25, 0.3) is 5.56 Å². The molecule has 0 aliphatic rings. The highest BCUT2D eigenvalue weighted by atomic mass is 16.2. The molecule has 0 aliphatic heterocycles. The number of nitriles is 1. The van der Waals surface area contributed by atoms with E-state index in [0.29, 0.717) is 53.0 Å². The smallest absolute Gasteiger partial charge is 0.300 e. The van der Waals surface area contributed by atoms with E-state index in [0.717, 1.165) is 37.7 Å². The average Bonchev–Trinajstić information content (AvgIpc) is 2.82. The van der Waals surface area contributed by atoms with Crippen LogP contribution < -0.4 is 5.56 Å². The lowest BCUT2D eigenvalue weighted by Gasteiger charge is -2.14. The van der Waals surface area contributed by atoms with Crippen LogP contribution in [0.1, 0.15) is 68.8 Å². The Morgan fingerprint density at radius 1 is 1.03 bits per heavy atom. The Labute approximate surface area is 199 Å². The van der Waals surface area contributed by atoms with Gasteiger partial charge < -0.3 is 0 Å². The molecule has 0 N–H and O–H groups in total. The summed E-state index contributed by atoms with van der Waals surface area (Å²) in [6.07, 6.45) is 6.82. The van der Waals surface area contributed by atoms with E-state index in [1.54, 1.807) is 22.8 Å². The van der Waals surface area contributed by atoms with Gasteiger partial charge >= 0.3 is 6.15 Å². The second-order valence-electron chi connectivity index (χ2n) is 8.14. The number of carbonyl (C=O) groups is 1. The minimum atomic E-state index is -0.134. The maximum atomic E-state index is 13.3. The molecule has 34 heavy (non-hydrogen) atoms. The highest BCUT2D eigenvalue weighted by molar-refractivity contribution is 5.79. The molecule has 0 spiro atoms. The number of nitrogens with zero attached hydrogens (tertiary/aromatic N) is 3. The molecular formula is C27H29N3O4. The molecule has 3 aromatic rings. The van der Waals surface area contributed by atoms with Crippen LogP contribution in [0.15, 0.2) is 47.3 Å². The number of unbranched alkanes of at least 4 members (excludes halogenated alkanes) is 3. The van der Waals surface area contributed by atoms with Gasteiger partial charge in [-0.25, -0.2) is 4.98 Å². The van der Waals surface area contributed by atoms with E-state index in [2.05, 4.69) is 13.0 Å². The number of aryl methyl sites for hydroxylation is 2. The van der Waals surface area contributed by atoms with Crippen LogP contribution in [0.3, 0.4) is 0 Å². The zero-order valence-corrected chi connectivity index (χ0v) is 19.7. The summed E-state index contributed by atoms with van der Waals surface area (Å²) < 4.78 is 1.61. The molecule has 0 bridgehead atoms. The van der Waals surface area contributed by atoms with Crippen molar-refractivity contribution >= 4 is 22.8 Å². The second-order valence-corrected chi connectivity index (χ2v) is 8.14. The Morgan fingerprint density at radius 2 is 1.74 bits per heavy atom. The van der Waals surface area contributed by atoms with E-state index in [4.69, 9.17) is 14.6 Å². The Hall–Kier alpha value is -3.88. The van der Waals surface area contributed by atoms with Crippen molar-refractivity contribution in [3.05, 3.63) is 69.8 Å². The molecule has 176 valence electrons. The largest absolute Gasteiger partial charge is 0.373 e. The third-order valence-corrected chi connectivity index (χ3v) is 5.49. The first kappa shape index (κ1) is 26.4. The third-order valence-electron chi connectivity index (χ3n) is 5.49. The average molecular weight is 460 g/mol. The van der Waals surface area contributed by atoms with E-state index in [1.165, 1.54) is 0 Å². The lowest BCUT2D eigenvalue weighted by Crippen LogP contribution is -2.24. The van der Waals surface area contributed by atoms with Gasteiger partial charge in [-0.2, -0.15) is 14.9 Å². The molecule has 0 amide bonds. The maximum Gasteiger partial charge on any atom is 0.373 e. The van der Waals surface area contributed by atoms with Crippen molar-refractivity contribution in [2.75, 3.05) is 0 Å². The maximum absolute atomic E-state index is 13.3. The lowest BCUT2D eigenvalue weighted by atomic mass is 10.1. The first-order chi connectivity index (χ1) is 16.4. The summed E-state index contributed by atoms with van der Waals surface area (Å²) in [7, 11) is 0. The van der Waals surface area contributed by atoms with Crippen molar-refractivity contribution in [1.29, 1.82) is 5.26 Å². The van der Waals surface area contributed by atoms with Crippen LogP contribution in [0.4, 0.5) is 0 Å². The molecular weight excluding hydrogens is 430 g/mol. The number of fused-ring (bicyclic) bond motifs is 1. The van der Waals surface area contributed by atoms with Crippen LogP contribution in [0, 0.1) is 18.3 Å². The molecule has 0 aliphatic carbocycles. The van der Waals surface area contributed by atoms with E-state index in [1.807, 2.05) is 31.2 Å². The molecule has 0 atom stereocenters. The highest BCUT2D eigenvalue weighted by Gasteiger charge is 2.14. The molecule has 7 nitrogen and oxygen atoms in total. The van der Waals surface area contributed by atoms with Gasteiger partial charge in [-0.05, 0) is 62.1 Å². The zero-order valence-electron chi connectivity index (χ0n) is 19.7. The van der Waals surface area contributed by atoms with Gasteiger partial charge in [0.2, 0.25) is 0 Å². The normalized spacial score (nSPS) is 10.1. The molecule has 0 saturated heterocycles. The standard InChI is InChI=1S/C26H29N3O2.CO2/c1-3-4-5-11-22(30)12-6-7-13-25-28-24-16-19(2)14-15-23(24)26(31)29(25)21-10-8-9-20(17-21)18-27;2-1-3/h8-10,14-17H,3-7,11-13H2,1-2H3;. The van der Waals surface area contributed by atoms with E-state index < -0.39 is 0 Å². The molecule has 3 rings (SSSR count). The van der Waals surface area contributed by atoms with E-state index in [-0.39, 0.29) is 11.7 Å². The van der Waals surface area contributed by atoms with Crippen molar-refractivity contribution in [1.82, 2.24) is 9.55 Å². The molecule has 1 aromatic heterocycles. The molecule has 0 fully saturated rings. The van der Waals surface area contributed by atoms with Crippen molar-refractivity contribution in [3.63, 3.8) is 0 Å². The molecule has 0 radical (unpaired) electrons. The quantitative estimate of drug-likeness (QED) is 0.401. The summed E-state index contributed by atoms with van der Waals surface area (Å²) in [6.45, 7) is 4.11. The van der Waals surface area contributed by atoms with Crippen molar-refractivity contribution < 1.29 is 14.4 Å². The van der Waals surface area contributed by atoms with Gasteiger partial charge in [-0.3, -0.25) is 14.2 Å². The topological polar surface area (TPSA) is 110 Å². The van der Waals surface area contributed by atoms with E-state index in [9.17, 15) is 14.9 Å². The van der Waals surface area contributed by atoms with Crippen LogP contribution in [0.5, 0.6) is 0 Å². The van der Waals surface area contributed by atoms with Crippen molar-refractivity contribution in [2.24, 2.45) is 0 Å². The van der Waals surface area contributed by atoms with Crippen LogP contribution in [0.25, 0.3) is 16.6 Å². The number of carbonyl (C=O) groups excluding carboxylic acids is 3. The van der Waals surface area contributed by atoms with Crippen LogP contribution in [-0.2, 0) is 20.8 Å². The summed E-state index contributed by atoms with van der Waals surface area (Å²) in [5.74, 6) is 0.978. The fraction of sp³-hybridized carbons (Fsp3) is 0.370. The molecule has 0 saturated carbocycles. The van der Waals surface area contributed by atoms with Crippen LogP contribution in [-0.4, -0.2) is 21.5 Å². The fourth-order valence-electron chi connectivity index (χ4n) is 3.79. The minimum absolute atomic E-state index is 0.134. The first-order valence-corrected chi connectivity index (χ1v) is 11.5. The van der Waals surface area contributed by atoms with Gasteiger partial charge in [0.15, 0.2) is 0 Å². The Balaban J connectivity index is 0.00000129. The molecule has 0 unspecified atom stereocenters. The summed E-state index contributed by atoms with van der Waals surface area (Å²) >= 11 is 0. The minimum Gasteiger partial charge on any atom is -0.300 e. The summed E-state index contributed by atoms with van der Waals surface area (Å²) in [6, 6.07) is 14.8. The van der Waals surface area contributed by atoms with Crippen molar-refractivity contribution in [2.45, 2.75) is 65.2 Å². The summed E-state index contributed by atoms with van der Waals surface area (Å²) in [5, 5.41) is 9.83. The van der Waals surface area contributed by atoms with Gasteiger partial charge in [0, 0.05) is 19.3 Å². The molecule has 1 heterocycles. The number of hydrogen-bond acceptors (Lipinski definition) is 6. The number of hydrogen-bond donors (Lipinski definition) is 0. The van der Waals surface area contributed by atoms with Crippen LogP contribution >= 0.6 is 0 Å². The Kier molecular flexibility index (Phi) is 10.6. The number of rotatable bonds is 10. The molecule has 2 aromatic carbocycles. The predicted molar refractivity (Wildman–Crippen MR) is 129 cm³/mol. The number of ketones is 1. The van der Waals surface area contributed by atoms with Gasteiger partial charge in [-0.15, -0.1) is 0 Å². The van der Waals surface area contributed by atoms with Gasteiger partial charge in [0.1, 0.15) is 11.6 Å². The highest BCUT2D eigenvalue weighted by Crippen LogP contribution is 2.17. The van der Waals surface area contributed by atoms with Crippen LogP contribution in [0.2, 0.25) is 0 Å². The third kappa shape index (κ3) is 7.33. The summed E-state index contributed by atoms with van der Waals surface area (Å²) in [4.78, 5) is 46.4. The lowest BCUT2D eigenvalue weighted by molar-refractivity contribution is -0.191. The second kappa shape index (κ2) is 13.6. The van der Waals surface area contributed by atoms with E-state index >= 15 is 0 Å². The number of aromatic nitrogens is 2. The zero-order chi connectivity index (χ0) is 24.9. The SMILES string of the molecule is CCCCCC(=O)CCCCc1nc2cc(C)ccc2c(=O)n1-c1cccc(C#N)c1.O=C=O. The summed E-state index contributed by atoms with van der Waals surface area (Å²) in [5.41, 5.74) is 2.74. The molecule has 7 heteroatoms. The van der Waals surface area contributed by atoms with Gasteiger partial charge in [-0.1, -0.05) is 31.9 Å². The van der Waals surface area contributed by atoms with Gasteiger partial charge in [0.05, 0.1) is 28.2 Å². The Bertz CT molecular complexity index is 1270. The number of Topliss-reactive ketones (excluding diaryl/α,β-unsaturated/α-hetero) is 1. The van der Waals surface area contributed by atoms with Crippen molar-refractivity contribution in [3.8, 4) is 11.8 Å².